The van der Waals surface area contributed by atoms with Crippen molar-refractivity contribution in [2.45, 2.75) is 5.66 Å². The van der Waals surface area contributed by atoms with E-state index in [4.69, 9.17) is 5.73 Å². The zero-order valence-corrected chi connectivity index (χ0v) is 12.2. The first-order valence-corrected chi connectivity index (χ1v) is 7.54. The summed E-state index contributed by atoms with van der Waals surface area (Å²) in [4.78, 5) is 16.3. The van der Waals surface area contributed by atoms with Gasteiger partial charge in [-0.15, -0.1) is 0 Å². The summed E-state index contributed by atoms with van der Waals surface area (Å²) >= 11 is 0. The van der Waals surface area contributed by atoms with E-state index in [2.05, 4.69) is 27.7 Å². The second-order valence-corrected chi connectivity index (χ2v) is 5.59. The molecule has 6 heteroatoms. The van der Waals surface area contributed by atoms with Crippen molar-refractivity contribution >= 4 is 6.03 Å². The minimum Gasteiger partial charge on any atom is -0.351 e. The second kappa shape index (κ2) is 6.01. The molecule has 114 valence electrons. The normalized spacial score (nSPS) is 27.5. The Morgan fingerprint density at radius 1 is 1.05 bits per heavy atom. The Morgan fingerprint density at radius 3 is 2.38 bits per heavy atom. The molecule has 0 radical (unpaired) electrons. The van der Waals surface area contributed by atoms with Crippen LogP contribution in [-0.4, -0.2) is 61.6 Å². The number of hydrogen-bond donors (Lipinski definition) is 3. The Kier molecular flexibility index (Phi) is 4.10. The van der Waals surface area contributed by atoms with Gasteiger partial charge in [-0.3, -0.25) is 9.80 Å². The topological polar surface area (TPSA) is 73.6 Å². The first-order chi connectivity index (χ1) is 10.2. The molecule has 1 aromatic rings. The molecule has 0 aromatic heterocycles. The highest BCUT2D eigenvalue weighted by Gasteiger charge is 2.47. The summed E-state index contributed by atoms with van der Waals surface area (Å²) in [6.45, 7) is 5.79. The zero-order chi connectivity index (χ0) is 14.7. The van der Waals surface area contributed by atoms with Crippen LogP contribution in [0, 0.1) is 0 Å². The lowest BCUT2D eigenvalue weighted by Gasteiger charge is -2.54. The number of nitrogens with two attached hydrogens (primary N) is 1. The number of rotatable bonds is 2. The molecule has 6 nitrogen and oxygen atoms in total. The Bertz CT molecular complexity index is 488. The lowest BCUT2D eigenvalue weighted by Crippen LogP contribution is -2.71. The van der Waals surface area contributed by atoms with E-state index in [0.29, 0.717) is 13.1 Å². The summed E-state index contributed by atoms with van der Waals surface area (Å²) in [6.07, 6.45) is 0. The minimum absolute atomic E-state index is 0.348. The van der Waals surface area contributed by atoms with Crippen LogP contribution in [0.1, 0.15) is 5.56 Å². The van der Waals surface area contributed by atoms with Crippen molar-refractivity contribution in [3.05, 3.63) is 35.9 Å². The quantitative estimate of drug-likeness (QED) is 0.701. The number of hydrogen-bond acceptors (Lipinski definition) is 4. The van der Waals surface area contributed by atoms with Crippen molar-refractivity contribution < 1.29 is 4.79 Å². The van der Waals surface area contributed by atoms with E-state index < -0.39 is 5.66 Å². The Labute approximate surface area is 125 Å². The summed E-state index contributed by atoms with van der Waals surface area (Å²) in [5.74, 6) is 0. The third kappa shape index (κ3) is 2.50. The van der Waals surface area contributed by atoms with E-state index in [1.807, 2.05) is 23.1 Å². The molecule has 1 unspecified atom stereocenters. The first kappa shape index (κ1) is 14.3. The van der Waals surface area contributed by atoms with Crippen molar-refractivity contribution in [3.63, 3.8) is 0 Å². The van der Waals surface area contributed by atoms with Crippen LogP contribution in [0.15, 0.2) is 30.3 Å². The van der Waals surface area contributed by atoms with Gasteiger partial charge in [0.1, 0.15) is 5.66 Å². The molecule has 0 spiro atoms. The molecular formula is C15H23N5O. The number of benzene rings is 1. The standard InChI is InChI=1S/C15H23N5O/c16-14(21)20-11-8-18-12-15(20,13-4-2-1-3-5-13)19-9-6-17-7-10-19/h1-5,17-18H,6-12H2,(H2,16,21). The first-order valence-electron chi connectivity index (χ1n) is 7.54. The fraction of sp³-hybridized carbons (Fsp3) is 0.533. The molecule has 2 saturated heterocycles. The van der Waals surface area contributed by atoms with Gasteiger partial charge in [0.15, 0.2) is 0 Å². The molecule has 2 amide bonds. The van der Waals surface area contributed by atoms with E-state index in [0.717, 1.165) is 38.3 Å². The van der Waals surface area contributed by atoms with Crippen LogP contribution < -0.4 is 16.4 Å². The molecule has 0 bridgehead atoms. The molecule has 0 aliphatic carbocycles. The maximum atomic E-state index is 12.1. The SMILES string of the molecule is NC(=O)N1CCNCC1(c1ccccc1)N1CCNCC1. The summed E-state index contributed by atoms with van der Waals surface area (Å²) < 4.78 is 0. The van der Waals surface area contributed by atoms with Crippen molar-refractivity contribution in [1.29, 1.82) is 0 Å². The van der Waals surface area contributed by atoms with Crippen LogP contribution in [0.4, 0.5) is 4.79 Å². The Hall–Kier alpha value is -1.63. The molecule has 0 saturated carbocycles. The van der Waals surface area contributed by atoms with Crippen LogP contribution in [0.3, 0.4) is 0 Å². The summed E-state index contributed by atoms with van der Waals surface area (Å²) in [7, 11) is 0. The van der Waals surface area contributed by atoms with Gasteiger partial charge >= 0.3 is 6.03 Å². The van der Waals surface area contributed by atoms with Crippen molar-refractivity contribution in [2.24, 2.45) is 5.73 Å². The highest BCUT2D eigenvalue weighted by atomic mass is 16.2. The molecule has 21 heavy (non-hydrogen) atoms. The van der Waals surface area contributed by atoms with Crippen molar-refractivity contribution in [3.8, 4) is 0 Å². The van der Waals surface area contributed by atoms with Gasteiger partial charge < -0.3 is 16.4 Å². The van der Waals surface area contributed by atoms with Crippen molar-refractivity contribution in [2.75, 3.05) is 45.8 Å². The van der Waals surface area contributed by atoms with Crippen LogP contribution in [0.5, 0.6) is 0 Å². The van der Waals surface area contributed by atoms with E-state index in [1.54, 1.807) is 0 Å². The number of urea groups is 1. The lowest BCUT2D eigenvalue weighted by molar-refractivity contribution is -0.0572. The fourth-order valence-corrected chi connectivity index (χ4v) is 3.49. The smallest absolute Gasteiger partial charge is 0.316 e. The van der Waals surface area contributed by atoms with Gasteiger partial charge in [-0.1, -0.05) is 30.3 Å². The number of nitrogens with zero attached hydrogens (tertiary/aromatic N) is 2. The molecular weight excluding hydrogens is 266 g/mol. The fourth-order valence-electron chi connectivity index (χ4n) is 3.49. The Morgan fingerprint density at radius 2 is 1.71 bits per heavy atom. The molecule has 3 rings (SSSR count). The molecule has 2 fully saturated rings. The average molecular weight is 289 g/mol. The second-order valence-electron chi connectivity index (χ2n) is 5.59. The van der Waals surface area contributed by atoms with Crippen LogP contribution >= 0.6 is 0 Å². The zero-order valence-electron chi connectivity index (χ0n) is 12.2. The van der Waals surface area contributed by atoms with E-state index >= 15 is 0 Å². The monoisotopic (exact) mass is 289 g/mol. The summed E-state index contributed by atoms with van der Waals surface area (Å²) in [6, 6.07) is 9.87. The van der Waals surface area contributed by atoms with Gasteiger partial charge in [0, 0.05) is 45.8 Å². The van der Waals surface area contributed by atoms with Gasteiger partial charge in [0.25, 0.3) is 0 Å². The summed E-state index contributed by atoms with van der Waals surface area (Å²) in [5, 5.41) is 6.81. The third-order valence-corrected chi connectivity index (χ3v) is 4.47. The van der Waals surface area contributed by atoms with Gasteiger partial charge in [-0.25, -0.2) is 4.79 Å². The number of carbonyl (C=O) groups excluding carboxylic acids is 1. The predicted molar refractivity (Wildman–Crippen MR) is 81.7 cm³/mol. The largest absolute Gasteiger partial charge is 0.351 e. The molecule has 2 heterocycles. The van der Waals surface area contributed by atoms with Gasteiger partial charge in [0.2, 0.25) is 0 Å². The predicted octanol–water partition coefficient (Wildman–Crippen LogP) is -0.271. The highest BCUT2D eigenvalue weighted by Crippen LogP contribution is 2.34. The van der Waals surface area contributed by atoms with Crippen LogP contribution in [0.25, 0.3) is 0 Å². The van der Waals surface area contributed by atoms with E-state index in [9.17, 15) is 4.79 Å². The van der Waals surface area contributed by atoms with Gasteiger partial charge in [-0.05, 0) is 5.56 Å². The highest BCUT2D eigenvalue weighted by molar-refractivity contribution is 5.73. The number of nitrogens with one attached hydrogen (secondary N) is 2. The molecule has 1 aromatic carbocycles. The summed E-state index contributed by atoms with van der Waals surface area (Å²) in [5.41, 5.74) is 6.35. The maximum Gasteiger partial charge on any atom is 0.316 e. The lowest BCUT2D eigenvalue weighted by atomic mass is 9.92. The van der Waals surface area contributed by atoms with E-state index in [-0.39, 0.29) is 6.03 Å². The molecule has 2 aliphatic rings. The number of piperazine rings is 2. The van der Waals surface area contributed by atoms with Crippen LogP contribution in [0.2, 0.25) is 0 Å². The van der Waals surface area contributed by atoms with E-state index in [1.165, 1.54) is 0 Å². The number of amides is 2. The average Bonchev–Trinajstić information content (AvgIpc) is 2.56. The Balaban J connectivity index is 2.06. The van der Waals surface area contributed by atoms with Crippen LogP contribution in [-0.2, 0) is 5.66 Å². The number of primary amides is 1. The molecule has 1 atom stereocenters. The van der Waals surface area contributed by atoms with Gasteiger partial charge in [-0.2, -0.15) is 0 Å². The van der Waals surface area contributed by atoms with Gasteiger partial charge in [0.05, 0.1) is 0 Å². The molecule has 2 aliphatic heterocycles. The maximum absolute atomic E-state index is 12.1. The minimum atomic E-state index is -0.479. The van der Waals surface area contributed by atoms with Crippen molar-refractivity contribution in [1.82, 2.24) is 20.4 Å². The molecule has 4 N–H and O–H groups in total. The third-order valence-electron chi connectivity index (χ3n) is 4.47. The number of carbonyl (C=O) groups is 1.